The van der Waals surface area contributed by atoms with Crippen LogP contribution in [0.3, 0.4) is 0 Å². The van der Waals surface area contributed by atoms with Crippen LogP contribution in [-0.4, -0.2) is 15.2 Å². The van der Waals surface area contributed by atoms with Crippen LogP contribution in [0.15, 0.2) is 60.8 Å². The van der Waals surface area contributed by atoms with Crippen molar-refractivity contribution in [2.24, 2.45) is 0 Å². The van der Waals surface area contributed by atoms with Gasteiger partial charge in [0.1, 0.15) is 11.5 Å². The van der Waals surface area contributed by atoms with Gasteiger partial charge in [-0.15, -0.1) is 11.3 Å². The van der Waals surface area contributed by atoms with Gasteiger partial charge in [-0.25, -0.2) is 9.37 Å². The Labute approximate surface area is 142 Å². The number of benzene rings is 1. The molecule has 0 saturated heterocycles. The summed E-state index contributed by atoms with van der Waals surface area (Å²) in [4.78, 5) is 17.9. The normalized spacial score (nSPS) is 11.1. The Morgan fingerprint density at radius 1 is 1.08 bits per heavy atom. The van der Waals surface area contributed by atoms with Crippen LogP contribution >= 0.6 is 11.3 Å². The Hall–Kier alpha value is -2.79. The van der Waals surface area contributed by atoms with Crippen LogP contribution in [0.1, 0.15) is 16.6 Å². The highest BCUT2D eigenvalue weighted by molar-refractivity contribution is 7.17. The predicted molar refractivity (Wildman–Crippen MR) is 93.9 cm³/mol. The molecule has 3 nitrogen and oxygen atoms in total. The molecule has 0 radical (unpaired) electrons. The number of fused-ring (bicyclic) bond motifs is 1. The number of ketones is 1. The number of hydrogen-bond acceptors (Lipinski definition) is 3. The van der Waals surface area contributed by atoms with Crippen LogP contribution in [0.5, 0.6) is 0 Å². The highest BCUT2D eigenvalue weighted by Crippen LogP contribution is 2.36. The fourth-order valence-electron chi connectivity index (χ4n) is 2.71. The number of pyridine rings is 1. The first-order valence-electron chi connectivity index (χ1n) is 7.47. The summed E-state index contributed by atoms with van der Waals surface area (Å²) in [6.07, 6.45) is 1.43. The van der Waals surface area contributed by atoms with Gasteiger partial charge < -0.3 is 0 Å². The van der Waals surface area contributed by atoms with Crippen molar-refractivity contribution in [3.8, 4) is 21.8 Å². The van der Waals surface area contributed by atoms with Crippen LogP contribution in [0, 0.1) is 5.82 Å². The molecule has 5 heteroatoms. The molecule has 4 rings (SSSR count). The maximum absolute atomic E-state index is 13.8. The summed E-state index contributed by atoms with van der Waals surface area (Å²) in [6.45, 7) is 1.54. The second kappa shape index (κ2) is 5.69. The molecule has 0 amide bonds. The molecule has 0 N–H and O–H groups in total. The number of Topliss-reactive ketones (excluding diaryl/α,β-unsaturated/α-hetero) is 1. The first-order valence-corrected chi connectivity index (χ1v) is 8.29. The summed E-state index contributed by atoms with van der Waals surface area (Å²) in [5.74, 6) is -0.309. The summed E-state index contributed by atoms with van der Waals surface area (Å²) in [6, 6.07) is 16.5. The summed E-state index contributed by atoms with van der Waals surface area (Å²) >= 11 is 1.40. The molecular weight excluding hydrogens is 323 g/mol. The van der Waals surface area contributed by atoms with Crippen molar-refractivity contribution in [2.45, 2.75) is 6.92 Å². The Morgan fingerprint density at radius 3 is 2.58 bits per heavy atom. The molecule has 0 fully saturated rings. The third kappa shape index (κ3) is 2.43. The topological polar surface area (TPSA) is 34.4 Å². The second-order valence-electron chi connectivity index (χ2n) is 5.47. The fraction of sp³-hybridized carbons (Fsp3) is 0.0526. The predicted octanol–water partition coefficient (Wildman–Crippen LogP) is 5.07. The number of aromatic nitrogens is 2. The van der Waals surface area contributed by atoms with Gasteiger partial charge in [-0.3, -0.25) is 9.20 Å². The van der Waals surface area contributed by atoms with E-state index in [1.54, 1.807) is 23.5 Å². The van der Waals surface area contributed by atoms with Crippen LogP contribution < -0.4 is 0 Å². The molecule has 0 aliphatic carbocycles. The van der Waals surface area contributed by atoms with Crippen molar-refractivity contribution in [1.82, 2.24) is 9.38 Å². The van der Waals surface area contributed by atoms with Gasteiger partial charge in [0.15, 0.2) is 5.78 Å². The van der Waals surface area contributed by atoms with Gasteiger partial charge in [0, 0.05) is 11.8 Å². The molecular formula is C19H13FN2OS. The molecule has 0 atom stereocenters. The number of hydrogen-bond donors (Lipinski definition) is 0. The van der Waals surface area contributed by atoms with Crippen molar-refractivity contribution in [2.75, 3.05) is 0 Å². The molecule has 3 heterocycles. The molecule has 118 valence electrons. The zero-order valence-corrected chi connectivity index (χ0v) is 13.7. The second-order valence-corrected chi connectivity index (χ2v) is 6.55. The lowest BCUT2D eigenvalue weighted by atomic mass is 10.1. The molecule has 0 spiro atoms. The van der Waals surface area contributed by atoms with Crippen LogP contribution in [0.2, 0.25) is 0 Å². The molecule has 24 heavy (non-hydrogen) atoms. The van der Waals surface area contributed by atoms with E-state index in [4.69, 9.17) is 0 Å². The van der Waals surface area contributed by atoms with E-state index >= 15 is 0 Å². The molecule has 1 aromatic carbocycles. The largest absolute Gasteiger partial charge is 0.295 e. The number of carbonyl (C=O) groups is 1. The van der Waals surface area contributed by atoms with E-state index in [-0.39, 0.29) is 11.6 Å². The molecule has 3 aromatic heterocycles. The molecule has 0 unspecified atom stereocenters. The molecule has 0 aliphatic rings. The van der Waals surface area contributed by atoms with E-state index in [9.17, 15) is 9.18 Å². The Morgan fingerprint density at radius 2 is 1.88 bits per heavy atom. The van der Waals surface area contributed by atoms with Crippen LogP contribution in [-0.2, 0) is 0 Å². The smallest absolute Gasteiger partial charge is 0.169 e. The molecule has 0 saturated carbocycles. The molecule has 0 bridgehead atoms. The highest BCUT2D eigenvalue weighted by Gasteiger charge is 2.18. The van der Waals surface area contributed by atoms with E-state index in [1.807, 2.05) is 36.4 Å². The lowest BCUT2D eigenvalue weighted by Gasteiger charge is -2.03. The Bertz CT molecular complexity index is 1050. The summed E-state index contributed by atoms with van der Waals surface area (Å²) in [5, 5.41) is 0. The van der Waals surface area contributed by atoms with Crippen molar-refractivity contribution in [1.29, 1.82) is 0 Å². The van der Waals surface area contributed by atoms with Gasteiger partial charge in [0.05, 0.1) is 21.1 Å². The van der Waals surface area contributed by atoms with Gasteiger partial charge in [-0.2, -0.15) is 0 Å². The fourth-order valence-corrected chi connectivity index (χ4v) is 3.65. The third-order valence-corrected chi connectivity index (χ3v) is 5.01. The minimum absolute atomic E-state index is 0.0208. The first kappa shape index (κ1) is 14.8. The van der Waals surface area contributed by atoms with E-state index in [2.05, 4.69) is 4.98 Å². The van der Waals surface area contributed by atoms with Crippen molar-refractivity contribution in [3.05, 3.63) is 71.5 Å². The minimum Gasteiger partial charge on any atom is -0.295 e. The minimum atomic E-state index is -0.330. The zero-order valence-electron chi connectivity index (χ0n) is 12.9. The quantitative estimate of drug-likeness (QED) is 0.489. The summed E-state index contributed by atoms with van der Waals surface area (Å²) in [5.41, 5.74) is 3.20. The molecule has 0 aliphatic heterocycles. The van der Waals surface area contributed by atoms with Crippen molar-refractivity contribution >= 4 is 22.8 Å². The average Bonchev–Trinajstić information content (AvgIpc) is 3.19. The maximum atomic E-state index is 13.8. The van der Waals surface area contributed by atoms with E-state index in [0.717, 1.165) is 21.8 Å². The van der Waals surface area contributed by atoms with E-state index in [0.29, 0.717) is 10.5 Å². The zero-order chi connectivity index (χ0) is 16.7. The van der Waals surface area contributed by atoms with E-state index in [1.165, 1.54) is 23.6 Å². The van der Waals surface area contributed by atoms with Crippen LogP contribution in [0.25, 0.3) is 27.5 Å². The monoisotopic (exact) mass is 336 g/mol. The summed E-state index contributed by atoms with van der Waals surface area (Å²) < 4.78 is 15.5. The van der Waals surface area contributed by atoms with Crippen LogP contribution in [0.4, 0.5) is 4.39 Å². The number of carbonyl (C=O) groups excluding carboxylic acids is 1. The SMILES string of the molecule is CC(=O)c1ccc(-c2c(-c3ccccc3)nc3ccc(F)cn23)s1. The average molecular weight is 336 g/mol. The van der Waals surface area contributed by atoms with Gasteiger partial charge in [0.2, 0.25) is 0 Å². The number of rotatable bonds is 3. The number of halogens is 1. The Balaban J connectivity index is 2.03. The van der Waals surface area contributed by atoms with Crippen molar-refractivity contribution in [3.63, 3.8) is 0 Å². The number of imidazole rings is 1. The standard InChI is InChI=1S/C19H13FN2OS/c1-12(23)15-8-9-16(24-15)19-18(13-5-3-2-4-6-13)21-17-10-7-14(20)11-22(17)19/h2-11H,1H3. The lowest BCUT2D eigenvalue weighted by molar-refractivity contribution is 0.102. The maximum Gasteiger partial charge on any atom is 0.169 e. The van der Waals surface area contributed by atoms with Gasteiger partial charge in [0.25, 0.3) is 0 Å². The van der Waals surface area contributed by atoms with Crippen molar-refractivity contribution < 1.29 is 9.18 Å². The highest BCUT2D eigenvalue weighted by atomic mass is 32.1. The Kier molecular flexibility index (Phi) is 3.50. The van der Waals surface area contributed by atoms with Gasteiger partial charge in [-0.05, 0) is 31.2 Å². The lowest BCUT2D eigenvalue weighted by Crippen LogP contribution is -1.89. The van der Waals surface area contributed by atoms with Gasteiger partial charge >= 0.3 is 0 Å². The number of nitrogens with zero attached hydrogens (tertiary/aromatic N) is 2. The molecule has 4 aromatic rings. The van der Waals surface area contributed by atoms with E-state index < -0.39 is 0 Å². The number of thiophene rings is 1. The third-order valence-electron chi connectivity index (χ3n) is 3.82. The van der Waals surface area contributed by atoms with Gasteiger partial charge in [-0.1, -0.05) is 30.3 Å². The summed E-state index contributed by atoms with van der Waals surface area (Å²) in [7, 11) is 0. The first-order chi connectivity index (χ1) is 11.6.